The fourth-order valence-corrected chi connectivity index (χ4v) is 2.22. The maximum atomic E-state index is 10.6. The van der Waals surface area contributed by atoms with Crippen molar-refractivity contribution in [2.75, 3.05) is 6.61 Å². The van der Waals surface area contributed by atoms with Gasteiger partial charge in [0.15, 0.2) is 0 Å². The van der Waals surface area contributed by atoms with Crippen molar-refractivity contribution in [2.24, 2.45) is 0 Å². The summed E-state index contributed by atoms with van der Waals surface area (Å²) in [6, 6.07) is 0. The van der Waals surface area contributed by atoms with E-state index in [1.807, 2.05) is 0 Å². The van der Waals surface area contributed by atoms with Gasteiger partial charge in [0.1, 0.15) is 6.10 Å². The van der Waals surface area contributed by atoms with Gasteiger partial charge in [-0.1, -0.05) is 22.7 Å². The van der Waals surface area contributed by atoms with Gasteiger partial charge in [-0.15, -0.1) is 0 Å². The summed E-state index contributed by atoms with van der Waals surface area (Å²) in [4.78, 5) is 11.1. The topological polar surface area (TPSA) is 57.5 Å². The van der Waals surface area contributed by atoms with E-state index in [1.54, 1.807) is 5.38 Å². The largest absolute Gasteiger partial charge is 0.393 e. The maximum Gasteiger partial charge on any atom is 0.287 e. The van der Waals surface area contributed by atoms with Gasteiger partial charge in [0.25, 0.3) is 4.06 Å². The minimum Gasteiger partial charge on any atom is -0.393 e. The van der Waals surface area contributed by atoms with E-state index in [0.29, 0.717) is 4.88 Å². The van der Waals surface area contributed by atoms with Crippen LogP contribution in [0.4, 0.5) is 0 Å². The van der Waals surface area contributed by atoms with Crippen LogP contribution in [0, 0.1) is 0 Å². The van der Waals surface area contributed by atoms with Crippen LogP contribution in [0.2, 0.25) is 0 Å². The van der Waals surface area contributed by atoms with E-state index in [-0.39, 0.29) is 10.7 Å². The van der Waals surface area contributed by atoms with E-state index in [1.165, 1.54) is 0 Å². The molecule has 0 aliphatic carbocycles. The molecule has 1 heterocycles. The van der Waals surface area contributed by atoms with E-state index in [9.17, 15) is 4.79 Å². The lowest BCUT2D eigenvalue weighted by Gasteiger charge is -1.99. The van der Waals surface area contributed by atoms with Crippen molar-refractivity contribution in [3.8, 4) is 0 Å². The average Bonchev–Trinajstić information content (AvgIpc) is 2.34. The third-order valence-corrected chi connectivity index (χ3v) is 3.02. The second kappa shape index (κ2) is 3.25. The Morgan fingerprint density at radius 1 is 1.70 bits per heavy atom. The molecule has 0 amide bonds. The van der Waals surface area contributed by atoms with Gasteiger partial charge in [0.05, 0.1) is 11.5 Å². The van der Waals surface area contributed by atoms with E-state index in [4.69, 9.17) is 10.2 Å². The summed E-state index contributed by atoms with van der Waals surface area (Å²) in [7, 11) is 0. The summed E-state index contributed by atoms with van der Waals surface area (Å²) in [6.07, 6.45) is -0.885. The van der Waals surface area contributed by atoms with Crippen LogP contribution >= 0.6 is 22.7 Å². The molecule has 0 saturated heterocycles. The molecule has 1 rings (SSSR count). The Bertz CT molecular complexity index is 251. The summed E-state index contributed by atoms with van der Waals surface area (Å²) in [6.45, 7) is -0.327. The summed E-state index contributed by atoms with van der Waals surface area (Å²) < 4.78 is -0.0532. The molecule has 3 nitrogen and oxygen atoms in total. The van der Waals surface area contributed by atoms with Gasteiger partial charge in [-0.3, -0.25) is 4.79 Å². The minimum atomic E-state index is -0.885. The van der Waals surface area contributed by atoms with E-state index in [2.05, 4.69) is 0 Å². The molecule has 0 bridgehead atoms. The molecule has 56 valence electrons. The molecule has 0 unspecified atom stereocenters. The second-order valence-corrected chi connectivity index (χ2v) is 3.84. The maximum absolute atomic E-state index is 10.6. The Kier molecular flexibility index (Phi) is 2.56. The van der Waals surface area contributed by atoms with Crippen LogP contribution in [-0.2, 0) is 0 Å². The zero-order chi connectivity index (χ0) is 7.56. The average molecular weight is 178 g/mol. The second-order valence-electron chi connectivity index (χ2n) is 1.69. The first-order valence-corrected chi connectivity index (χ1v) is 4.31. The number of hydrogen-bond donors (Lipinski definition) is 2. The number of hydrogen-bond acceptors (Lipinski definition) is 5. The van der Waals surface area contributed by atoms with Crippen molar-refractivity contribution in [3.05, 3.63) is 19.1 Å². The van der Waals surface area contributed by atoms with Crippen LogP contribution < -0.4 is 4.06 Å². The predicted molar refractivity (Wildman–Crippen MR) is 40.5 cm³/mol. The number of aliphatic hydroxyl groups is 2. The highest BCUT2D eigenvalue weighted by atomic mass is 32.2. The molecule has 1 aromatic heterocycles. The Labute approximate surface area is 65.2 Å². The van der Waals surface area contributed by atoms with Crippen LogP contribution in [0.3, 0.4) is 0 Å². The van der Waals surface area contributed by atoms with Gasteiger partial charge < -0.3 is 10.2 Å². The van der Waals surface area contributed by atoms with Gasteiger partial charge in [-0.05, 0) is 0 Å². The first-order valence-electron chi connectivity index (χ1n) is 2.61. The molecule has 0 radical (unpaired) electrons. The van der Waals surface area contributed by atoms with Crippen molar-refractivity contribution >= 4 is 22.7 Å². The van der Waals surface area contributed by atoms with Crippen LogP contribution in [0.25, 0.3) is 0 Å². The molecule has 5 heteroatoms. The minimum absolute atomic E-state index is 0.0532. The zero-order valence-electron chi connectivity index (χ0n) is 4.98. The van der Waals surface area contributed by atoms with Crippen LogP contribution in [0.5, 0.6) is 0 Å². The van der Waals surface area contributed by atoms with E-state index >= 15 is 0 Å². The lowest BCUT2D eigenvalue weighted by molar-refractivity contribution is 0.0985. The van der Waals surface area contributed by atoms with Gasteiger partial charge in [-0.25, -0.2) is 0 Å². The lowest BCUT2D eigenvalue weighted by atomic mass is 10.3. The molecule has 2 N–H and O–H groups in total. The summed E-state index contributed by atoms with van der Waals surface area (Å²) in [5, 5.41) is 19.0. The molecular formula is C5H6O3S2. The van der Waals surface area contributed by atoms with E-state index < -0.39 is 6.10 Å². The van der Waals surface area contributed by atoms with Crippen molar-refractivity contribution in [1.29, 1.82) is 0 Å². The zero-order valence-corrected chi connectivity index (χ0v) is 6.61. The highest BCUT2D eigenvalue weighted by molar-refractivity contribution is 7.26. The SMILES string of the molecule is O=c1scc([C@@H](O)CO)s1. The molecule has 0 aliphatic heterocycles. The van der Waals surface area contributed by atoms with Gasteiger partial charge in [-0.2, -0.15) is 0 Å². The van der Waals surface area contributed by atoms with Gasteiger partial charge in [0, 0.05) is 5.38 Å². The van der Waals surface area contributed by atoms with Crippen LogP contribution in [0.1, 0.15) is 11.0 Å². The van der Waals surface area contributed by atoms with Gasteiger partial charge >= 0.3 is 0 Å². The lowest BCUT2D eigenvalue weighted by Crippen LogP contribution is -1.99. The number of rotatable bonds is 2. The summed E-state index contributed by atoms with van der Waals surface area (Å²) >= 11 is 2.01. The monoisotopic (exact) mass is 178 g/mol. The Balaban J connectivity index is 2.84. The first-order chi connectivity index (χ1) is 4.74. The summed E-state index contributed by atoms with van der Waals surface area (Å²) in [5.74, 6) is 0. The quantitative estimate of drug-likeness (QED) is 0.680. The van der Waals surface area contributed by atoms with Crippen LogP contribution in [-0.4, -0.2) is 16.8 Å². The fourth-order valence-electron chi connectivity index (χ4n) is 0.487. The predicted octanol–water partition coefficient (Wildman–Crippen LogP) is 0.196. The van der Waals surface area contributed by atoms with Crippen LogP contribution in [0.15, 0.2) is 10.2 Å². The van der Waals surface area contributed by atoms with Crippen molar-refractivity contribution in [3.63, 3.8) is 0 Å². The highest BCUT2D eigenvalue weighted by Crippen LogP contribution is 2.16. The third kappa shape index (κ3) is 1.63. The molecule has 1 aromatic rings. The molecular weight excluding hydrogens is 172 g/mol. The molecule has 0 aliphatic rings. The Hall–Kier alpha value is -0.230. The molecule has 0 fully saturated rings. The fraction of sp³-hybridized carbons (Fsp3) is 0.400. The molecule has 0 aromatic carbocycles. The third-order valence-electron chi connectivity index (χ3n) is 0.974. The molecule has 0 spiro atoms. The summed E-state index contributed by atoms with van der Waals surface area (Å²) in [5.41, 5.74) is 0. The number of aliphatic hydroxyl groups excluding tert-OH is 2. The smallest absolute Gasteiger partial charge is 0.287 e. The van der Waals surface area contributed by atoms with E-state index in [0.717, 1.165) is 22.7 Å². The normalized spacial score (nSPS) is 13.4. The standard InChI is InChI=1S/C5H6O3S2/c6-1-3(7)4-2-9-5(8)10-4/h2-3,6-7H,1H2/t3-/m0/s1. The van der Waals surface area contributed by atoms with Crippen molar-refractivity contribution in [2.45, 2.75) is 6.10 Å². The Morgan fingerprint density at radius 2 is 2.40 bits per heavy atom. The van der Waals surface area contributed by atoms with Crippen molar-refractivity contribution < 1.29 is 10.2 Å². The molecule has 10 heavy (non-hydrogen) atoms. The molecule has 0 saturated carbocycles. The highest BCUT2D eigenvalue weighted by Gasteiger charge is 2.07. The van der Waals surface area contributed by atoms with Crippen molar-refractivity contribution in [1.82, 2.24) is 0 Å². The Morgan fingerprint density at radius 3 is 2.80 bits per heavy atom. The first kappa shape index (κ1) is 7.87. The molecule has 1 atom stereocenters. The van der Waals surface area contributed by atoms with Gasteiger partial charge in [0.2, 0.25) is 0 Å².